The Morgan fingerprint density at radius 3 is 1.33 bits per heavy atom. The van der Waals surface area contributed by atoms with Crippen molar-refractivity contribution in [3.05, 3.63) is 145 Å². The molecule has 2 aliphatic heterocycles. The van der Waals surface area contributed by atoms with Crippen LogP contribution in [0.2, 0.25) is 0 Å². The van der Waals surface area contributed by atoms with Crippen molar-refractivity contribution in [3.63, 3.8) is 0 Å². The van der Waals surface area contributed by atoms with E-state index in [4.69, 9.17) is 18.9 Å². The molecule has 238 valence electrons. The number of fused-ring (bicyclic) bond motifs is 2. The number of rotatable bonds is 7. The first-order valence-corrected chi connectivity index (χ1v) is 19.1. The number of benzene rings is 6. The van der Waals surface area contributed by atoms with E-state index in [-0.39, 0.29) is 13.6 Å². The fraction of sp³-hybridized carbons (Fsp3) is 0.100. The van der Waals surface area contributed by atoms with Crippen molar-refractivity contribution in [1.29, 1.82) is 0 Å². The van der Waals surface area contributed by atoms with E-state index >= 15 is 9.13 Å². The number of hydrogen-bond donors (Lipinski definition) is 0. The van der Waals surface area contributed by atoms with E-state index < -0.39 is 14.3 Å². The van der Waals surface area contributed by atoms with E-state index in [2.05, 4.69) is 0 Å². The molecule has 8 heteroatoms. The lowest BCUT2D eigenvalue weighted by molar-refractivity contribution is 0.172. The molecule has 0 atom stereocenters. The highest BCUT2D eigenvalue weighted by molar-refractivity contribution is 7.86. The maximum absolute atomic E-state index is 16.0. The zero-order valence-corrected chi connectivity index (χ0v) is 28.2. The van der Waals surface area contributed by atoms with Gasteiger partial charge in [0.25, 0.3) is 0 Å². The van der Waals surface area contributed by atoms with E-state index in [1.54, 1.807) is 0 Å². The Kier molecular flexibility index (Phi) is 7.52. The fourth-order valence-electron chi connectivity index (χ4n) is 6.83. The van der Waals surface area contributed by atoms with Crippen molar-refractivity contribution in [2.24, 2.45) is 0 Å². The Morgan fingerprint density at radius 2 is 0.854 bits per heavy atom. The lowest BCUT2D eigenvalue weighted by Crippen LogP contribution is -2.28. The van der Waals surface area contributed by atoms with Gasteiger partial charge in [0.05, 0.1) is 0 Å². The summed E-state index contributed by atoms with van der Waals surface area (Å²) in [4.78, 5) is 0. The van der Waals surface area contributed by atoms with Crippen LogP contribution in [-0.2, 0) is 9.13 Å². The van der Waals surface area contributed by atoms with Crippen LogP contribution < -0.4 is 50.8 Å². The molecule has 0 spiro atoms. The zero-order chi connectivity index (χ0) is 32.9. The second kappa shape index (κ2) is 11.9. The van der Waals surface area contributed by atoms with Crippen molar-refractivity contribution in [2.45, 2.75) is 13.8 Å². The maximum atomic E-state index is 16.0. The zero-order valence-electron chi connectivity index (χ0n) is 26.5. The van der Waals surface area contributed by atoms with Crippen LogP contribution in [0.1, 0.15) is 11.1 Å². The van der Waals surface area contributed by atoms with Crippen LogP contribution in [0.5, 0.6) is 23.0 Å². The van der Waals surface area contributed by atoms with Crippen molar-refractivity contribution in [1.82, 2.24) is 0 Å². The van der Waals surface area contributed by atoms with Crippen LogP contribution in [0, 0.1) is 13.8 Å². The molecule has 0 aliphatic carbocycles. The largest absolute Gasteiger partial charge is 0.453 e. The standard InChI is InChI=1S/C40H32O6P2/c1-27-23-35(48(42,31-19-11-5-12-20-31)32-21-13-6-14-22-32)36(40-37(27)43-25-46-40)33-24-34(28(2)38-39(33)45-26-44-38)47(41,29-15-7-3-8-16-29)30-17-9-4-10-18-30/h3-24H,25-26H2,1-2H3. The van der Waals surface area contributed by atoms with Crippen LogP contribution in [0.3, 0.4) is 0 Å². The number of aryl methyl sites for hydroxylation is 1. The van der Waals surface area contributed by atoms with Gasteiger partial charge >= 0.3 is 0 Å². The number of ether oxygens (including phenoxy) is 4. The molecular formula is C40H32O6P2. The highest BCUT2D eigenvalue weighted by Gasteiger charge is 2.41. The lowest BCUT2D eigenvalue weighted by atomic mass is 9.98. The van der Waals surface area contributed by atoms with E-state index in [9.17, 15) is 0 Å². The predicted octanol–water partition coefficient (Wildman–Crippen LogP) is 6.71. The fourth-order valence-corrected chi connectivity index (χ4v) is 12.7. The van der Waals surface area contributed by atoms with Crippen molar-refractivity contribution in [2.75, 3.05) is 13.6 Å². The van der Waals surface area contributed by atoms with Gasteiger partial charge in [0.15, 0.2) is 37.3 Å². The molecule has 0 unspecified atom stereocenters. The second-order valence-corrected chi connectivity index (χ2v) is 17.3. The molecule has 0 bridgehead atoms. The summed E-state index contributed by atoms with van der Waals surface area (Å²) in [6.45, 7) is 3.86. The lowest BCUT2D eigenvalue weighted by Gasteiger charge is -2.27. The summed E-state index contributed by atoms with van der Waals surface area (Å²) in [6, 6.07) is 42.0. The molecule has 6 aromatic rings. The smallest absolute Gasteiger partial charge is 0.231 e. The molecule has 0 radical (unpaired) electrons. The second-order valence-electron chi connectivity index (χ2n) is 11.8. The molecule has 48 heavy (non-hydrogen) atoms. The first kappa shape index (κ1) is 30.3. The summed E-state index contributed by atoms with van der Waals surface area (Å²) in [7, 11) is -7.02. The van der Waals surface area contributed by atoms with Gasteiger partial charge in [-0.3, -0.25) is 0 Å². The SMILES string of the molecule is Cc1cc(P(=O)(c2ccccc2)c2ccccc2)c(-c2cc(P(=O)(c3ccccc3)c3ccccc3)c(C)c3c2OCO3)c2c1OCO2. The minimum absolute atomic E-state index is 0.0105. The Balaban J connectivity index is 1.50. The third-order valence-corrected chi connectivity index (χ3v) is 15.4. The first-order chi connectivity index (χ1) is 23.4. The molecule has 6 aromatic carbocycles. The topological polar surface area (TPSA) is 71.1 Å². The molecule has 0 N–H and O–H groups in total. The van der Waals surface area contributed by atoms with Crippen LogP contribution in [-0.4, -0.2) is 13.6 Å². The highest BCUT2D eigenvalue weighted by Crippen LogP contribution is 2.57. The molecular weight excluding hydrogens is 638 g/mol. The first-order valence-electron chi connectivity index (χ1n) is 15.7. The monoisotopic (exact) mass is 670 g/mol. The van der Waals surface area contributed by atoms with Gasteiger partial charge in [0.1, 0.15) is 0 Å². The molecule has 8 rings (SSSR count). The molecule has 2 heterocycles. The van der Waals surface area contributed by atoms with Gasteiger partial charge in [-0.1, -0.05) is 121 Å². The van der Waals surface area contributed by atoms with E-state index in [0.29, 0.717) is 66.0 Å². The van der Waals surface area contributed by atoms with Gasteiger partial charge in [-0.05, 0) is 31.5 Å². The predicted molar refractivity (Wildman–Crippen MR) is 192 cm³/mol. The van der Waals surface area contributed by atoms with E-state index in [1.165, 1.54) is 0 Å². The summed E-state index contributed by atoms with van der Waals surface area (Å²) in [5, 5.41) is 3.91. The van der Waals surface area contributed by atoms with Crippen LogP contribution >= 0.6 is 14.3 Å². The minimum atomic E-state index is -3.55. The summed E-state index contributed by atoms with van der Waals surface area (Å²) in [6.07, 6.45) is 0. The molecule has 6 nitrogen and oxygen atoms in total. The molecule has 2 aliphatic rings. The summed E-state index contributed by atoms with van der Waals surface area (Å²) >= 11 is 0. The Morgan fingerprint density at radius 1 is 0.458 bits per heavy atom. The van der Waals surface area contributed by atoms with Crippen molar-refractivity contribution < 1.29 is 28.1 Å². The Labute approximate surface area is 279 Å². The average Bonchev–Trinajstić information content (AvgIpc) is 3.85. The van der Waals surface area contributed by atoms with Gasteiger partial charge < -0.3 is 28.1 Å². The minimum Gasteiger partial charge on any atom is -0.453 e. The highest BCUT2D eigenvalue weighted by atomic mass is 31.2. The third-order valence-electron chi connectivity index (χ3n) is 9.10. The molecule has 0 fully saturated rings. The normalized spacial score (nSPS) is 13.5. The molecule has 0 aromatic heterocycles. The van der Waals surface area contributed by atoms with Crippen LogP contribution in [0.25, 0.3) is 11.1 Å². The Hall–Kier alpha value is -5.02. The molecule has 0 saturated carbocycles. The molecule has 0 amide bonds. The summed E-state index contributed by atoms with van der Waals surface area (Å²) < 4.78 is 56.5. The number of hydrogen-bond acceptors (Lipinski definition) is 6. The summed E-state index contributed by atoms with van der Waals surface area (Å²) in [5.74, 6) is 2.03. The quantitative estimate of drug-likeness (QED) is 0.176. The van der Waals surface area contributed by atoms with Gasteiger partial charge in [0.2, 0.25) is 13.6 Å². The molecule has 0 saturated heterocycles. The third kappa shape index (κ3) is 4.63. The average molecular weight is 671 g/mol. The maximum Gasteiger partial charge on any atom is 0.231 e. The van der Waals surface area contributed by atoms with E-state index in [0.717, 1.165) is 11.1 Å². The van der Waals surface area contributed by atoms with Gasteiger partial charge in [-0.2, -0.15) is 0 Å². The Bertz CT molecular complexity index is 2170. The van der Waals surface area contributed by atoms with Crippen LogP contribution in [0.4, 0.5) is 0 Å². The van der Waals surface area contributed by atoms with E-state index in [1.807, 2.05) is 147 Å². The van der Waals surface area contributed by atoms with Gasteiger partial charge in [-0.15, -0.1) is 0 Å². The van der Waals surface area contributed by atoms with Crippen LogP contribution in [0.15, 0.2) is 133 Å². The summed E-state index contributed by atoms with van der Waals surface area (Å²) in [5.41, 5.74) is 2.67. The van der Waals surface area contributed by atoms with Gasteiger partial charge in [0, 0.05) is 48.5 Å². The van der Waals surface area contributed by atoms with Crippen molar-refractivity contribution in [3.8, 4) is 34.1 Å². The van der Waals surface area contributed by atoms with Crippen molar-refractivity contribution >= 4 is 46.1 Å². The van der Waals surface area contributed by atoms with Gasteiger partial charge in [-0.25, -0.2) is 0 Å².